The third kappa shape index (κ3) is 2.93. The minimum Gasteiger partial charge on any atom is -0.459 e. The average Bonchev–Trinajstić information content (AvgIpc) is 2.92. The third-order valence-electron chi connectivity index (χ3n) is 2.82. The van der Waals surface area contributed by atoms with Crippen molar-refractivity contribution in [1.29, 1.82) is 0 Å². The number of carbonyl (C=O) groups excluding carboxylic acids is 1. The van der Waals surface area contributed by atoms with E-state index >= 15 is 0 Å². The number of nitrogens with zero attached hydrogens (tertiary/aromatic N) is 1. The molecule has 1 aliphatic rings. The fraction of sp³-hybridized carbons (Fsp3) is 0.214. The fourth-order valence-corrected chi connectivity index (χ4v) is 1.72. The van der Waals surface area contributed by atoms with Crippen LogP contribution in [-0.2, 0) is 0 Å². The fourth-order valence-electron chi connectivity index (χ4n) is 1.72. The van der Waals surface area contributed by atoms with Crippen LogP contribution in [0.4, 0.5) is 4.39 Å². The smallest absolute Gasteiger partial charge is 0.291 e. The van der Waals surface area contributed by atoms with Crippen molar-refractivity contribution in [3.8, 4) is 0 Å². The molecule has 1 amide bonds. The molecule has 0 aliphatic heterocycles. The lowest BCUT2D eigenvalue weighted by molar-refractivity contribution is -0.534. The highest BCUT2D eigenvalue weighted by atomic mass is 19.1. The number of halogens is 1. The lowest BCUT2D eigenvalue weighted by Gasteiger charge is -2.22. The summed E-state index contributed by atoms with van der Waals surface area (Å²) < 4.78 is 20.0. The molecule has 1 unspecified atom stereocenters. The van der Waals surface area contributed by atoms with Crippen LogP contribution in [0.3, 0.4) is 0 Å². The summed E-state index contributed by atoms with van der Waals surface area (Å²) in [6.45, 7) is 5.48. The highest BCUT2D eigenvalue weighted by molar-refractivity contribution is 5.91. The van der Waals surface area contributed by atoms with Gasteiger partial charge in [-0.3, -0.25) is 14.7 Å². The lowest BCUT2D eigenvalue weighted by atomic mass is 10.1. The number of nitrogens with one attached hydrogen (secondary N) is 1. The van der Waals surface area contributed by atoms with Crippen molar-refractivity contribution in [3.63, 3.8) is 0 Å². The average molecular weight is 262 g/mol. The van der Waals surface area contributed by atoms with Crippen LogP contribution in [0.1, 0.15) is 23.9 Å². The predicted molar refractivity (Wildman–Crippen MR) is 69.2 cm³/mol. The van der Waals surface area contributed by atoms with Crippen molar-refractivity contribution >= 4 is 12.6 Å². The Morgan fingerprint density at radius 1 is 1.68 bits per heavy atom. The van der Waals surface area contributed by atoms with Crippen LogP contribution < -0.4 is 5.32 Å². The van der Waals surface area contributed by atoms with E-state index in [1.807, 2.05) is 6.08 Å². The first-order valence-corrected chi connectivity index (χ1v) is 5.93. The topological polar surface area (TPSA) is 45.2 Å². The number of hydrogen-bond donors (Lipinski definition) is 1. The van der Waals surface area contributed by atoms with Gasteiger partial charge < -0.3 is 4.42 Å². The van der Waals surface area contributed by atoms with E-state index in [2.05, 4.69) is 12.0 Å². The number of furan rings is 1. The molecule has 1 N–H and O–H groups in total. The molecular weight excluding hydrogens is 247 g/mol. The zero-order chi connectivity index (χ0) is 13.8. The molecule has 0 aromatic carbocycles. The molecule has 0 radical (unpaired) electrons. The van der Waals surface area contributed by atoms with Crippen LogP contribution in [-0.4, -0.2) is 23.4 Å². The van der Waals surface area contributed by atoms with Gasteiger partial charge in [-0.25, -0.2) is 4.39 Å². The quantitative estimate of drug-likeness (QED) is 0.392. The standard InChI is InChI=1S/C14H15FN2O2/c1-10(16-14(18)13-8-5-9-19-13)17(2)12-7-4-3-6-11(12)15/h4-10H,2-3H2,1H3,(H,16,18). The van der Waals surface area contributed by atoms with E-state index in [1.165, 1.54) is 16.9 Å². The molecule has 19 heavy (non-hydrogen) atoms. The van der Waals surface area contributed by atoms with Gasteiger partial charge in [0.05, 0.1) is 13.0 Å². The Bertz CT molecular complexity index is 532. The molecular formula is C14H15FN2O2. The normalized spacial score (nSPS) is 15.9. The molecule has 4 nitrogen and oxygen atoms in total. The summed E-state index contributed by atoms with van der Waals surface area (Å²) in [5.41, 5.74) is 0. The van der Waals surface area contributed by atoms with Crippen LogP contribution in [0.5, 0.6) is 0 Å². The molecule has 100 valence electrons. The summed E-state index contributed by atoms with van der Waals surface area (Å²) >= 11 is 0. The minimum atomic E-state index is -0.463. The predicted octanol–water partition coefficient (Wildman–Crippen LogP) is 2.41. The van der Waals surface area contributed by atoms with Gasteiger partial charge in [0.15, 0.2) is 11.8 Å². The zero-order valence-corrected chi connectivity index (χ0v) is 10.6. The summed E-state index contributed by atoms with van der Waals surface area (Å²) in [5, 5.41) is 2.68. The van der Waals surface area contributed by atoms with E-state index in [1.54, 1.807) is 25.1 Å². The molecule has 0 fully saturated rings. The second-order valence-electron chi connectivity index (χ2n) is 4.17. The Kier molecular flexibility index (Phi) is 3.85. The number of amides is 1. The van der Waals surface area contributed by atoms with Crippen molar-refractivity contribution < 1.29 is 18.2 Å². The molecule has 1 aromatic rings. The monoisotopic (exact) mass is 262 g/mol. The van der Waals surface area contributed by atoms with Crippen molar-refractivity contribution in [2.75, 3.05) is 0 Å². The lowest BCUT2D eigenvalue weighted by Crippen LogP contribution is -2.42. The Morgan fingerprint density at radius 3 is 3.11 bits per heavy atom. The van der Waals surface area contributed by atoms with Crippen molar-refractivity contribution in [2.24, 2.45) is 0 Å². The van der Waals surface area contributed by atoms with Crippen molar-refractivity contribution in [2.45, 2.75) is 19.5 Å². The Labute approximate surface area is 110 Å². The molecule has 1 aliphatic carbocycles. The van der Waals surface area contributed by atoms with E-state index in [9.17, 15) is 9.18 Å². The molecule has 0 spiro atoms. The number of rotatable bonds is 4. The Hall–Kier alpha value is -2.30. The van der Waals surface area contributed by atoms with Gasteiger partial charge in [-0.15, -0.1) is 6.08 Å². The summed E-state index contributed by atoms with van der Waals surface area (Å²) in [6.07, 6.45) is 6.47. The molecule has 0 bridgehead atoms. The first kappa shape index (κ1) is 13.1. The zero-order valence-electron chi connectivity index (χ0n) is 10.6. The van der Waals surface area contributed by atoms with Crippen molar-refractivity contribution in [1.82, 2.24) is 5.32 Å². The van der Waals surface area contributed by atoms with E-state index in [4.69, 9.17) is 4.42 Å². The van der Waals surface area contributed by atoms with Gasteiger partial charge in [-0.05, 0) is 12.1 Å². The Balaban J connectivity index is 2.00. The van der Waals surface area contributed by atoms with Crippen LogP contribution in [0.2, 0.25) is 0 Å². The largest absolute Gasteiger partial charge is 0.459 e. The summed E-state index contributed by atoms with van der Waals surface area (Å²) in [7, 11) is 0. The second-order valence-corrected chi connectivity index (χ2v) is 4.17. The van der Waals surface area contributed by atoms with E-state index in [-0.39, 0.29) is 17.5 Å². The van der Waals surface area contributed by atoms with Gasteiger partial charge in [0, 0.05) is 6.92 Å². The molecule has 0 saturated heterocycles. The van der Waals surface area contributed by atoms with Gasteiger partial charge in [0.2, 0.25) is 6.17 Å². The molecule has 1 heterocycles. The SMILES string of the molecule is C=[N+]([C-]1C=CCC=C1F)C(C)NC(=O)c1ccco1. The van der Waals surface area contributed by atoms with Crippen LogP contribution >= 0.6 is 0 Å². The maximum absolute atomic E-state index is 13.6. The summed E-state index contributed by atoms with van der Waals surface area (Å²) in [5.74, 6) is -0.493. The summed E-state index contributed by atoms with van der Waals surface area (Å²) in [6, 6.07) is 3.53. The minimum absolute atomic E-state index is 0.209. The first-order chi connectivity index (χ1) is 9.09. The van der Waals surface area contributed by atoms with Gasteiger partial charge in [0.1, 0.15) is 5.83 Å². The van der Waals surface area contributed by atoms with E-state index in [0.717, 1.165) is 0 Å². The van der Waals surface area contributed by atoms with Gasteiger partial charge in [-0.2, -0.15) is 6.08 Å². The van der Waals surface area contributed by atoms with E-state index in [0.29, 0.717) is 12.5 Å². The molecule has 0 saturated carbocycles. The maximum atomic E-state index is 13.6. The molecule has 2 rings (SSSR count). The van der Waals surface area contributed by atoms with Crippen LogP contribution in [0.15, 0.2) is 46.9 Å². The van der Waals surface area contributed by atoms with Gasteiger partial charge in [0.25, 0.3) is 5.91 Å². The van der Waals surface area contributed by atoms with Crippen LogP contribution in [0, 0.1) is 6.04 Å². The molecule has 1 aromatic heterocycles. The van der Waals surface area contributed by atoms with Gasteiger partial charge >= 0.3 is 0 Å². The number of carbonyl (C=O) groups is 1. The summed E-state index contributed by atoms with van der Waals surface area (Å²) in [4.78, 5) is 11.8. The number of hydrogen-bond acceptors (Lipinski definition) is 2. The Morgan fingerprint density at radius 2 is 2.47 bits per heavy atom. The van der Waals surface area contributed by atoms with Crippen molar-refractivity contribution in [3.05, 3.63) is 54.3 Å². The van der Waals surface area contributed by atoms with E-state index < -0.39 is 6.17 Å². The van der Waals surface area contributed by atoms with Gasteiger partial charge in [-0.1, -0.05) is 12.5 Å². The highest BCUT2D eigenvalue weighted by Gasteiger charge is 2.24. The second kappa shape index (κ2) is 5.56. The molecule has 1 atom stereocenters. The number of allylic oxidation sites excluding steroid dienone is 2. The first-order valence-electron chi connectivity index (χ1n) is 5.93. The molecule has 5 heteroatoms. The maximum Gasteiger partial charge on any atom is 0.291 e. The third-order valence-corrected chi connectivity index (χ3v) is 2.82. The van der Waals surface area contributed by atoms with Crippen LogP contribution in [0.25, 0.3) is 0 Å². The highest BCUT2D eigenvalue weighted by Crippen LogP contribution is 2.23.